The van der Waals surface area contributed by atoms with Gasteiger partial charge in [0, 0.05) is 5.56 Å². The fourth-order valence-electron chi connectivity index (χ4n) is 2.59. The second-order valence-electron chi connectivity index (χ2n) is 5.72. The molecule has 1 atom stereocenters. The molecule has 1 N–H and O–H groups in total. The number of hydrogen-bond donors (Lipinski definition) is 1. The highest BCUT2D eigenvalue weighted by molar-refractivity contribution is 5.94. The lowest BCUT2D eigenvalue weighted by Gasteiger charge is -2.17. The summed E-state index contributed by atoms with van der Waals surface area (Å²) >= 11 is 0. The third kappa shape index (κ3) is 4.44. The average molecular weight is 343 g/mol. The van der Waals surface area contributed by atoms with Gasteiger partial charge in [0.2, 0.25) is 0 Å². The molecule has 1 amide bonds. The zero-order chi connectivity index (χ0) is 18.4. The average Bonchev–Trinajstić information content (AvgIpc) is 2.62. The number of hydrogen-bond acceptors (Lipinski definition) is 4. The minimum absolute atomic E-state index is 0.131. The third-order valence-electron chi connectivity index (χ3n) is 3.99. The molecular weight excluding hydrogens is 318 g/mol. The number of carbonyl (C=O) groups excluding carboxylic acids is 1. The SMILES string of the molecule is CCOc1ccc(C(=O)N[C@H](C)c2ccc(OC)c(OC)c2)cc1C. The van der Waals surface area contributed by atoms with Gasteiger partial charge in [0.05, 0.1) is 26.9 Å². The van der Waals surface area contributed by atoms with Gasteiger partial charge in [-0.1, -0.05) is 6.07 Å². The van der Waals surface area contributed by atoms with Crippen molar-refractivity contribution in [3.63, 3.8) is 0 Å². The van der Waals surface area contributed by atoms with Crippen LogP contribution in [0.5, 0.6) is 17.2 Å². The van der Waals surface area contributed by atoms with E-state index in [1.165, 1.54) is 0 Å². The Hall–Kier alpha value is -2.69. The highest BCUT2D eigenvalue weighted by atomic mass is 16.5. The van der Waals surface area contributed by atoms with Crippen molar-refractivity contribution in [1.82, 2.24) is 5.32 Å². The predicted octanol–water partition coefficient (Wildman–Crippen LogP) is 3.90. The zero-order valence-electron chi connectivity index (χ0n) is 15.4. The van der Waals surface area contributed by atoms with E-state index in [1.54, 1.807) is 20.3 Å². The van der Waals surface area contributed by atoms with E-state index in [4.69, 9.17) is 14.2 Å². The lowest BCUT2D eigenvalue weighted by Crippen LogP contribution is -2.26. The summed E-state index contributed by atoms with van der Waals surface area (Å²) in [5.41, 5.74) is 2.48. The summed E-state index contributed by atoms with van der Waals surface area (Å²) in [6.07, 6.45) is 0. The van der Waals surface area contributed by atoms with E-state index in [1.807, 2.05) is 51.1 Å². The maximum absolute atomic E-state index is 12.5. The van der Waals surface area contributed by atoms with Gasteiger partial charge in [0.25, 0.3) is 5.91 Å². The Kier molecular flexibility index (Phi) is 6.28. The van der Waals surface area contributed by atoms with Crippen molar-refractivity contribution in [2.45, 2.75) is 26.8 Å². The number of ether oxygens (including phenoxy) is 3. The molecule has 0 bridgehead atoms. The van der Waals surface area contributed by atoms with Crippen LogP contribution in [0.1, 0.15) is 41.4 Å². The van der Waals surface area contributed by atoms with Crippen LogP contribution in [0.2, 0.25) is 0 Å². The van der Waals surface area contributed by atoms with Crippen LogP contribution in [0.4, 0.5) is 0 Å². The van der Waals surface area contributed by atoms with Crippen LogP contribution in [0.25, 0.3) is 0 Å². The first-order chi connectivity index (χ1) is 12.0. The predicted molar refractivity (Wildman–Crippen MR) is 97.8 cm³/mol. The second kappa shape index (κ2) is 8.42. The van der Waals surface area contributed by atoms with Crippen LogP contribution in [-0.2, 0) is 0 Å². The van der Waals surface area contributed by atoms with Crippen LogP contribution in [0, 0.1) is 6.92 Å². The molecule has 0 aliphatic heterocycles. The van der Waals surface area contributed by atoms with Crippen LogP contribution < -0.4 is 19.5 Å². The Labute approximate surface area is 148 Å². The van der Waals surface area contributed by atoms with Crippen molar-refractivity contribution in [2.24, 2.45) is 0 Å². The smallest absolute Gasteiger partial charge is 0.251 e. The molecule has 25 heavy (non-hydrogen) atoms. The standard InChI is InChI=1S/C20H25NO4/c1-6-25-17-9-8-16(11-13(17)2)20(22)21-14(3)15-7-10-18(23-4)19(12-15)24-5/h7-12,14H,6H2,1-5H3,(H,21,22)/t14-/m1/s1. The number of rotatable bonds is 7. The van der Waals surface area contributed by atoms with Crippen molar-refractivity contribution in [2.75, 3.05) is 20.8 Å². The highest BCUT2D eigenvalue weighted by Gasteiger charge is 2.15. The monoisotopic (exact) mass is 343 g/mol. The normalized spacial score (nSPS) is 11.6. The zero-order valence-corrected chi connectivity index (χ0v) is 15.4. The molecule has 0 fully saturated rings. The van der Waals surface area contributed by atoms with E-state index in [0.717, 1.165) is 16.9 Å². The van der Waals surface area contributed by atoms with Gasteiger partial charge in [0.1, 0.15) is 5.75 Å². The number of amides is 1. The fraction of sp³-hybridized carbons (Fsp3) is 0.350. The number of benzene rings is 2. The first kappa shape index (κ1) is 18.6. The van der Waals surface area contributed by atoms with Gasteiger partial charge >= 0.3 is 0 Å². The summed E-state index contributed by atoms with van der Waals surface area (Å²) in [6.45, 7) is 6.40. The molecule has 0 spiro atoms. The largest absolute Gasteiger partial charge is 0.494 e. The second-order valence-corrected chi connectivity index (χ2v) is 5.72. The van der Waals surface area contributed by atoms with E-state index >= 15 is 0 Å². The van der Waals surface area contributed by atoms with Crippen molar-refractivity contribution in [3.8, 4) is 17.2 Å². The summed E-state index contributed by atoms with van der Waals surface area (Å²) in [6, 6.07) is 10.9. The minimum Gasteiger partial charge on any atom is -0.494 e. The molecule has 5 nitrogen and oxygen atoms in total. The quantitative estimate of drug-likeness (QED) is 0.828. The van der Waals surface area contributed by atoms with Crippen molar-refractivity contribution in [1.29, 1.82) is 0 Å². The van der Waals surface area contributed by atoms with Gasteiger partial charge in [-0.05, 0) is 62.2 Å². The van der Waals surface area contributed by atoms with Crippen LogP contribution in [-0.4, -0.2) is 26.7 Å². The fourth-order valence-corrected chi connectivity index (χ4v) is 2.59. The molecule has 2 aromatic carbocycles. The lowest BCUT2D eigenvalue weighted by molar-refractivity contribution is 0.0939. The first-order valence-electron chi connectivity index (χ1n) is 8.26. The van der Waals surface area contributed by atoms with E-state index in [-0.39, 0.29) is 11.9 Å². The minimum atomic E-state index is -0.167. The van der Waals surface area contributed by atoms with Gasteiger partial charge in [-0.2, -0.15) is 0 Å². The van der Waals surface area contributed by atoms with Crippen molar-refractivity contribution < 1.29 is 19.0 Å². The topological polar surface area (TPSA) is 56.8 Å². The van der Waals surface area contributed by atoms with Crippen LogP contribution in [0.15, 0.2) is 36.4 Å². The summed E-state index contributed by atoms with van der Waals surface area (Å²) in [7, 11) is 3.19. The Morgan fingerprint density at radius 2 is 1.72 bits per heavy atom. The van der Waals surface area contributed by atoms with Gasteiger partial charge in [-0.3, -0.25) is 4.79 Å². The van der Waals surface area contributed by atoms with E-state index in [9.17, 15) is 4.79 Å². The molecular formula is C20H25NO4. The summed E-state index contributed by atoms with van der Waals surface area (Å²) in [5, 5.41) is 3.00. The van der Waals surface area contributed by atoms with Gasteiger partial charge in [0.15, 0.2) is 11.5 Å². The summed E-state index contributed by atoms with van der Waals surface area (Å²) < 4.78 is 16.1. The van der Waals surface area contributed by atoms with Crippen LogP contribution in [0.3, 0.4) is 0 Å². The molecule has 0 aliphatic rings. The third-order valence-corrected chi connectivity index (χ3v) is 3.99. The molecule has 0 heterocycles. The molecule has 2 rings (SSSR count). The summed E-state index contributed by atoms with van der Waals surface area (Å²) in [5.74, 6) is 1.96. The maximum Gasteiger partial charge on any atom is 0.251 e. The number of aryl methyl sites for hydroxylation is 1. The van der Waals surface area contributed by atoms with E-state index in [0.29, 0.717) is 23.7 Å². The first-order valence-corrected chi connectivity index (χ1v) is 8.26. The van der Waals surface area contributed by atoms with Gasteiger partial charge in [-0.25, -0.2) is 0 Å². The van der Waals surface area contributed by atoms with E-state index in [2.05, 4.69) is 5.32 Å². The molecule has 0 saturated carbocycles. The summed E-state index contributed by atoms with van der Waals surface area (Å²) in [4.78, 5) is 12.5. The molecule has 2 aromatic rings. The number of methoxy groups -OCH3 is 2. The Bertz CT molecular complexity index is 742. The van der Waals surface area contributed by atoms with Crippen molar-refractivity contribution in [3.05, 3.63) is 53.1 Å². The molecule has 0 aliphatic carbocycles. The van der Waals surface area contributed by atoms with Crippen molar-refractivity contribution >= 4 is 5.91 Å². The van der Waals surface area contributed by atoms with Gasteiger partial charge < -0.3 is 19.5 Å². The van der Waals surface area contributed by atoms with Gasteiger partial charge in [-0.15, -0.1) is 0 Å². The van der Waals surface area contributed by atoms with Crippen LogP contribution >= 0.6 is 0 Å². The Morgan fingerprint density at radius 1 is 1.04 bits per heavy atom. The molecule has 0 radical (unpaired) electrons. The molecule has 5 heteroatoms. The maximum atomic E-state index is 12.5. The number of nitrogens with one attached hydrogen (secondary N) is 1. The molecule has 0 saturated heterocycles. The lowest BCUT2D eigenvalue weighted by atomic mass is 10.1. The Morgan fingerprint density at radius 3 is 2.32 bits per heavy atom. The highest BCUT2D eigenvalue weighted by Crippen LogP contribution is 2.30. The molecule has 0 unspecified atom stereocenters. The molecule has 134 valence electrons. The van der Waals surface area contributed by atoms with E-state index < -0.39 is 0 Å². The number of carbonyl (C=O) groups is 1. The molecule has 0 aromatic heterocycles. The Balaban J connectivity index is 2.13.